The zero-order chi connectivity index (χ0) is 20.6. The summed E-state index contributed by atoms with van der Waals surface area (Å²) in [6.45, 7) is 8.43. The molecule has 0 atom stereocenters. The number of allylic oxidation sites excluding steroid dienone is 4. The van der Waals surface area contributed by atoms with Gasteiger partial charge in [0.2, 0.25) is 5.92 Å². The number of ketones is 2. The molecule has 0 spiro atoms. The minimum Gasteiger partial charge on any atom is -0.289 e. The van der Waals surface area contributed by atoms with Crippen molar-refractivity contribution in [1.29, 1.82) is 0 Å². The summed E-state index contributed by atoms with van der Waals surface area (Å²) in [5.41, 5.74) is 2.61. The maximum Gasteiger partial charge on any atom is 0.245 e. The monoisotopic (exact) mass is 382 g/mol. The molecule has 0 aliphatic heterocycles. The molecule has 0 saturated carbocycles. The lowest BCUT2D eigenvalue weighted by atomic mass is 9.79. The Morgan fingerprint density at radius 2 is 1.22 bits per heavy atom. The summed E-state index contributed by atoms with van der Waals surface area (Å²) in [5, 5.41) is 0. The molecule has 1 aliphatic carbocycles. The average Bonchev–Trinajstić information content (AvgIpc) is 2.57. The number of hydrogen-bond acceptors (Lipinski definition) is 2. The topological polar surface area (TPSA) is 34.1 Å². The highest BCUT2D eigenvalue weighted by atomic mass is 19.3. The van der Waals surface area contributed by atoms with E-state index in [0.717, 1.165) is 57.4 Å². The summed E-state index contributed by atoms with van der Waals surface area (Å²) in [7, 11) is 0. The molecule has 0 aromatic carbocycles. The first-order valence-corrected chi connectivity index (χ1v) is 10.4. The Labute approximate surface area is 163 Å². The van der Waals surface area contributed by atoms with E-state index in [0.29, 0.717) is 29.6 Å². The molecular formula is C23H36F2O2. The Bertz CT molecular complexity index is 592. The van der Waals surface area contributed by atoms with Crippen molar-refractivity contribution in [3.05, 3.63) is 22.3 Å². The first kappa shape index (κ1) is 23.7. The average molecular weight is 383 g/mol. The molecule has 1 rings (SSSR count). The highest BCUT2D eigenvalue weighted by molar-refractivity contribution is 6.24. The fraction of sp³-hybridized carbons (Fsp3) is 0.739. The Morgan fingerprint density at radius 1 is 0.778 bits per heavy atom. The third kappa shape index (κ3) is 7.67. The molecule has 27 heavy (non-hydrogen) atoms. The van der Waals surface area contributed by atoms with Gasteiger partial charge in [0.15, 0.2) is 11.6 Å². The largest absolute Gasteiger partial charge is 0.289 e. The molecule has 0 bridgehead atoms. The van der Waals surface area contributed by atoms with Crippen LogP contribution in [0.4, 0.5) is 8.78 Å². The molecule has 0 aromatic heterocycles. The lowest BCUT2D eigenvalue weighted by Gasteiger charge is -2.23. The van der Waals surface area contributed by atoms with E-state index < -0.39 is 5.92 Å². The lowest BCUT2D eigenvalue weighted by Crippen LogP contribution is -2.24. The van der Waals surface area contributed by atoms with Gasteiger partial charge >= 0.3 is 0 Å². The number of alkyl halides is 2. The zero-order valence-electron chi connectivity index (χ0n) is 17.7. The van der Waals surface area contributed by atoms with Crippen molar-refractivity contribution < 1.29 is 18.4 Å². The van der Waals surface area contributed by atoms with Gasteiger partial charge in [0.1, 0.15) is 0 Å². The van der Waals surface area contributed by atoms with Crippen molar-refractivity contribution in [3.8, 4) is 0 Å². The number of Topliss-reactive ketones (excluding diaryl/α,β-unsaturated/α-hetero) is 2. The van der Waals surface area contributed by atoms with Gasteiger partial charge in [-0.1, -0.05) is 52.4 Å². The van der Waals surface area contributed by atoms with Crippen LogP contribution in [-0.2, 0) is 9.59 Å². The molecule has 0 aromatic rings. The van der Waals surface area contributed by atoms with E-state index in [2.05, 4.69) is 0 Å². The molecule has 2 nitrogen and oxygen atoms in total. The van der Waals surface area contributed by atoms with Crippen molar-refractivity contribution in [2.24, 2.45) is 5.92 Å². The smallest absolute Gasteiger partial charge is 0.245 e. The predicted octanol–water partition coefficient (Wildman–Crippen LogP) is 6.98. The lowest BCUT2D eigenvalue weighted by molar-refractivity contribution is -0.117. The minimum atomic E-state index is -2.53. The van der Waals surface area contributed by atoms with Crippen LogP contribution >= 0.6 is 0 Å². The highest BCUT2D eigenvalue weighted by Gasteiger charge is 2.31. The number of carbonyl (C=O) groups excluding carboxylic acids is 2. The molecule has 0 unspecified atom stereocenters. The summed E-state index contributed by atoms with van der Waals surface area (Å²) >= 11 is 0. The van der Waals surface area contributed by atoms with Crippen molar-refractivity contribution in [1.82, 2.24) is 0 Å². The van der Waals surface area contributed by atoms with E-state index in [-0.39, 0.29) is 23.9 Å². The fourth-order valence-electron chi connectivity index (χ4n) is 3.68. The second kappa shape index (κ2) is 10.9. The molecule has 0 heterocycles. The van der Waals surface area contributed by atoms with Gasteiger partial charge in [-0.2, -0.15) is 0 Å². The van der Waals surface area contributed by atoms with Crippen LogP contribution in [0.15, 0.2) is 22.3 Å². The molecule has 0 fully saturated rings. The second-order valence-electron chi connectivity index (χ2n) is 8.35. The Kier molecular flexibility index (Phi) is 9.55. The van der Waals surface area contributed by atoms with Gasteiger partial charge in [0.05, 0.1) is 0 Å². The van der Waals surface area contributed by atoms with Crippen LogP contribution in [0.3, 0.4) is 0 Å². The van der Waals surface area contributed by atoms with Crippen LogP contribution in [0.5, 0.6) is 0 Å². The Hall–Kier alpha value is -1.32. The van der Waals surface area contributed by atoms with Crippen LogP contribution in [0.2, 0.25) is 0 Å². The maximum absolute atomic E-state index is 12.7. The quantitative estimate of drug-likeness (QED) is 0.269. The summed E-state index contributed by atoms with van der Waals surface area (Å²) in [6, 6.07) is 0. The van der Waals surface area contributed by atoms with Crippen molar-refractivity contribution in [2.45, 2.75) is 105 Å². The molecule has 0 amide bonds. The Morgan fingerprint density at radius 3 is 1.70 bits per heavy atom. The summed E-state index contributed by atoms with van der Waals surface area (Å²) < 4.78 is 25.4. The van der Waals surface area contributed by atoms with Gasteiger partial charge < -0.3 is 0 Å². The predicted molar refractivity (Wildman–Crippen MR) is 107 cm³/mol. The summed E-state index contributed by atoms with van der Waals surface area (Å²) in [6.07, 6.45) is 8.35. The van der Waals surface area contributed by atoms with E-state index in [1.807, 2.05) is 13.8 Å². The second-order valence-corrected chi connectivity index (χ2v) is 8.35. The number of rotatable bonds is 12. The van der Waals surface area contributed by atoms with Gasteiger partial charge in [0, 0.05) is 28.7 Å². The third-order valence-electron chi connectivity index (χ3n) is 5.46. The van der Waals surface area contributed by atoms with E-state index in [1.165, 1.54) is 0 Å². The SMILES string of the molecule is CC1=C(C)C(=O)C(C(C)C)=C(CCCCCCCCCCC(C)(F)F)C1=O. The molecule has 0 saturated heterocycles. The Balaban J connectivity index is 2.32. The van der Waals surface area contributed by atoms with Crippen LogP contribution < -0.4 is 0 Å². The zero-order valence-corrected chi connectivity index (χ0v) is 17.7. The van der Waals surface area contributed by atoms with Gasteiger partial charge in [-0.05, 0) is 46.0 Å². The maximum atomic E-state index is 12.7. The molecule has 154 valence electrons. The van der Waals surface area contributed by atoms with E-state index in [9.17, 15) is 18.4 Å². The van der Waals surface area contributed by atoms with Crippen LogP contribution in [-0.4, -0.2) is 17.5 Å². The van der Waals surface area contributed by atoms with E-state index in [1.54, 1.807) is 13.8 Å². The van der Waals surface area contributed by atoms with Gasteiger partial charge in [-0.15, -0.1) is 0 Å². The first-order chi connectivity index (χ1) is 12.6. The summed E-state index contributed by atoms with van der Waals surface area (Å²) in [5.74, 6) is -2.39. The molecule has 4 heteroatoms. The molecular weight excluding hydrogens is 346 g/mol. The van der Waals surface area contributed by atoms with Crippen LogP contribution in [0, 0.1) is 5.92 Å². The van der Waals surface area contributed by atoms with Crippen molar-refractivity contribution >= 4 is 11.6 Å². The van der Waals surface area contributed by atoms with E-state index in [4.69, 9.17) is 0 Å². The number of hydrogen-bond donors (Lipinski definition) is 0. The van der Waals surface area contributed by atoms with Crippen molar-refractivity contribution in [3.63, 3.8) is 0 Å². The summed E-state index contributed by atoms with van der Waals surface area (Å²) in [4.78, 5) is 25.2. The number of halogens is 2. The van der Waals surface area contributed by atoms with Gasteiger partial charge in [0.25, 0.3) is 0 Å². The van der Waals surface area contributed by atoms with E-state index >= 15 is 0 Å². The number of carbonyl (C=O) groups is 2. The van der Waals surface area contributed by atoms with Crippen molar-refractivity contribution in [2.75, 3.05) is 0 Å². The van der Waals surface area contributed by atoms with Gasteiger partial charge in [-0.25, -0.2) is 8.78 Å². The molecule has 0 radical (unpaired) electrons. The van der Waals surface area contributed by atoms with Crippen LogP contribution in [0.25, 0.3) is 0 Å². The third-order valence-corrected chi connectivity index (χ3v) is 5.46. The molecule has 0 N–H and O–H groups in total. The standard InChI is InChI=1S/C23H36F2O2/c1-16(2)20-19(21(26)17(3)18(4)22(20)27)14-12-10-8-6-7-9-11-13-15-23(5,24)25/h16H,6-15H2,1-5H3. The fourth-order valence-corrected chi connectivity index (χ4v) is 3.68. The van der Waals surface area contributed by atoms with Crippen LogP contribution in [0.1, 0.15) is 98.8 Å². The van der Waals surface area contributed by atoms with Gasteiger partial charge in [-0.3, -0.25) is 9.59 Å². The normalized spacial score (nSPS) is 16.1. The number of unbranched alkanes of at least 4 members (excludes halogenated alkanes) is 7. The first-order valence-electron chi connectivity index (χ1n) is 10.4. The molecule has 1 aliphatic rings. The minimum absolute atomic E-state index is 0.0135. The highest BCUT2D eigenvalue weighted by Crippen LogP contribution is 2.32.